The fourth-order valence-electron chi connectivity index (χ4n) is 7.24. The molecule has 3 saturated carbocycles. The van der Waals surface area contributed by atoms with E-state index in [-0.39, 0.29) is 42.8 Å². The van der Waals surface area contributed by atoms with Gasteiger partial charge in [0.2, 0.25) is 0 Å². The van der Waals surface area contributed by atoms with Crippen molar-refractivity contribution in [3.8, 4) is 0 Å². The number of alkyl halides is 1. The molecule has 176 valence electrons. The van der Waals surface area contributed by atoms with Gasteiger partial charge in [-0.1, -0.05) is 30.2 Å². The Morgan fingerprint density at radius 2 is 2.00 bits per heavy atom. The van der Waals surface area contributed by atoms with E-state index in [1.807, 2.05) is 6.08 Å². The highest BCUT2D eigenvalue weighted by atomic mass is 35.5. The van der Waals surface area contributed by atoms with Crippen molar-refractivity contribution in [1.82, 2.24) is 0 Å². The maximum absolute atomic E-state index is 12.9. The molecular weight excluding hydrogens is 436 g/mol. The zero-order valence-electron chi connectivity index (χ0n) is 18.6. The summed E-state index contributed by atoms with van der Waals surface area (Å²) in [5.74, 6) is -0.810. The van der Waals surface area contributed by atoms with Gasteiger partial charge >= 0.3 is 12.1 Å². The molecule has 7 atom stereocenters. The largest absolute Gasteiger partial charge is 0.508 e. The Balaban J connectivity index is 1.68. The Labute approximate surface area is 193 Å². The molecule has 1 N–H and O–H groups in total. The van der Waals surface area contributed by atoms with Crippen LogP contribution in [0.5, 0.6) is 0 Å². The van der Waals surface area contributed by atoms with Gasteiger partial charge in [0.15, 0.2) is 11.8 Å². The third-order valence-electron chi connectivity index (χ3n) is 8.42. The summed E-state index contributed by atoms with van der Waals surface area (Å²) in [6.07, 6.45) is 7.02. The maximum Gasteiger partial charge on any atom is 0.508 e. The van der Waals surface area contributed by atoms with Crippen LogP contribution in [0.25, 0.3) is 0 Å². The summed E-state index contributed by atoms with van der Waals surface area (Å²) in [5, 5.41) is 11.5. The first-order chi connectivity index (χ1) is 15.3. The summed E-state index contributed by atoms with van der Waals surface area (Å²) >= 11 is 5.67. The number of aliphatic hydroxyl groups is 1. The van der Waals surface area contributed by atoms with Crippen LogP contribution < -0.4 is 0 Å². The quantitative estimate of drug-likeness (QED) is 0.486. The van der Waals surface area contributed by atoms with Crippen LogP contribution in [0.4, 0.5) is 4.79 Å². The molecule has 7 nitrogen and oxygen atoms in total. The Morgan fingerprint density at radius 1 is 1.22 bits per heavy atom. The Morgan fingerprint density at radius 3 is 2.72 bits per heavy atom. The summed E-state index contributed by atoms with van der Waals surface area (Å²) in [7, 11) is 0. The smallest absolute Gasteiger partial charge is 0.449 e. The van der Waals surface area contributed by atoms with Gasteiger partial charge in [-0.2, -0.15) is 0 Å². The van der Waals surface area contributed by atoms with E-state index in [1.165, 1.54) is 0 Å². The second-order valence-electron chi connectivity index (χ2n) is 9.70. The van der Waals surface area contributed by atoms with Gasteiger partial charge in [-0.15, -0.1) is 0 Å². The molecule has 4 aliphatic carbocycles. The number of allylic oxidation sites excluding steroid dienone is 4. The second-order valence-corrected chi connectivity index (χ2v) is 9.92. The van der Waals surface area contributed by atoms with Crippen LogP contribution in [-0.2, 0) is 23.8 Å². The van der Waals surface area contributed by atoms with Gasteiger partial charge in [-0.25, -0.2) is 4.79 Å². The van der Waals surface area contributed by atoms with Gasteiger partial charge in [0.05, 0.1) is 18.6 Å². The van der Waals surface area contributed by atoms with Crippen molar-refractivity contribution < 1.29 is 33.7 Å². The molecule has 4 aliphatic rings. The average molecular weight is 467 g/mol. The van der Waals surface area contributed by atoms with Gasteiger partial charge in [-0.3, -0.25) is 9.59 Å². The molecular formula is C24H31ClO7. The lowest BCUT2D eigenvalue weighted by Gasteiger charge is -2.59. The van der Waals surface area contributed by atoms with Crippen LogP contribution in [0.2, 0.25) is 0 Å². The minimum atomic E-state index is -0.775. The number of carbonyl (C=O) groups is 3. The predicted molar refractivity (Wildman–Crippen MR) is 116 cm³/mol. The zero-order chi connectivity index (χ0) is 23.1. The topological polar surface area (TPSA) is 99.1 Å². The van der Waals surface area contributed by atoms with Gasteiger partial charge in [0.1, 0.15) is 6.61 Å². The van der Waals surface area contributed by atoms with Crippen molar-refractivity contribution in [1.29, 1.82) is 0 Å². The van der Waals surface area contributed by atoms with E-state index >= 15 is 0 Å². The van der Waals surface area contributed by atoms with Crippen LogP contribution in [0.3, 0.4) is 0 Å². The fourth-order valence-corrected chi connectivity index (χ4v) is 7.35. The molecule has 32 heavy (non-hydrogen) atoms. The maximum atomic E-state index is 12.9. The third-order valence-corrected chi connectivity index (χ3v) is 8.53. The number of aliphatic hydroxyl groups excluding tert-OH is 1. The number of hydrogen-bond donors (Lipinski definition) is 1. The number of carbonyl (C=O) groups excluding carboxylic acids is 3. The molecule has 0 spiro atoms. The Hall–Kier alpha value is -1.86. The monoisotopic (exact) mass is 466 g/mol. The van der Waals surface area contributed by atoms with Gasteiger partial charge < -0.3 is 19.3 Å². The van der Waals surface area contributed by atoms with E-state index in [0.29, 0.717) is 12.8 Å². The molecule has 0 bridgehead atoms. The van der Waals surface area contributed by atoms with Crippen LogP contribution in [0.1, 0.15) is 46.0 Å². The molecule has 2 unspecified atom stereocenters. The Kier molecular flexibility index (Phi) is 6.43. The molecule has 0 aromatic carbocycles. The molecule has 0 aliphatic heterocycles. The number of rotatable bonds is 5. The Bertz CT molecular complexity index is 851. The lowest BCUT2D eigenvalue weighted by Crippen LogP contribution is -2.58. The molecule has 0 aromatic heterocycles. The first kappa shape index (κ1) is 23.3. The highest BCUT2D eigenvalue weighted by Gasteiger charge is 2.65. The van der Waals surface area contributed by atoms with Gasteiger partial charge in [0.25, 0.3) is 0 Å². The van der Waals surface area contributed by atoms with E-state index in [0.717, 1.165) is 24.8 Å². The molecule has 4 rings (SSSR count). The molecule has 8 heteroatoms. The van der Waals surface area contributed by atoms with Crippen LogP contribution in [0.15, 0.2) is 23.8 Å². The predicted octanol–water partition coefficient (Wildman–Crippen LogP) is 3.77. The molecule has 0 aromatic rings. The molecule has 3 fully saturated rings. The van der Waals surface area contributed by atoms with Crippen molar-refractivity contribution in [2.45, 2.75) is 52.1 Å². The minimum absolute atomic E-state index is 0.00737. The average Bonchev–Trinajstić information content (AvgIpc) is 3.12. The number of ketones is 1. The highest BCUT2D eigenvalue weighted by Crippen LogP contribution is 2.66. The van der Waals surface area contributed by atoms with E-state index in [4.69, 9.17) is 25.8 Å². The lowest BCUT2D eigenvalue weighted by molar-refractivity contribution is -0.168. The number of ether oxygens (including phenoxy) is 3. The summed E-state index contributed by atoms with van der Waals surface area (Å²) in [6, 6.07) is -0.242. The number of halogens is 1. The van der Waals surface area contributed by atoms with E-state index in [1.54, 1.807) is 19.1 Å². The molecule has 0 heterocycles. The molecule has 0 saturated heterocycles. The van der Waals surface area contributed by atoms with Crippen LogP contribution >= 0.6 is 11.6 Å². The third kappa shape index (κ3) is 3.67. The number of esters is 1. The van der Waals surface area contributed by atoms with Gasteiger partial charge in [-0.05, 0) is 63.0 Å². The van der Waals surface area contributed by atoms with E-state index in [9.17, 15) is 19.5 Å². The zero-order valence-corrected chi connectivity index (χ0v) is 19.3. The number of fused-ring (bicyclic) bond motifs is 5. The van der Waals surface area contributed by atoms with Crippen molar-refractivity contribution in [3.05, 3.63) is 23.8 Å². The van der Waals surface area contributed by atoms with Gasteiger partial charge in [0, 0.05) is 16.7 Å². The first-order valence-electron chi connectivity index (χ1n) is 11.4. The highest BCUT2D eigenvalue weighted by molar-refractivity contribution is 6.17. The van der Waals surface area contributed by atoms with Crippen LogP contribution in [-0.4, -0.2) is 48.4 Å². The molecule has 0 amide bonds. The summed E-state index contributed by atoms with van der Waals surface area (Å²) in [4.78, 5) is 36.8. The van der Waals surface area contributed by atoms with E-state index < -0.39 is 35.0 Å². The summed E-state index contributed by atoms with van der Waals surface area (Å²) in [6.45, 7) is 3.98. The van der Waals surface area contributed by atoms with E-state index in [2.05, 4.69) is 6.92 Å². The first-order valence-corrected chi connectivity index (χ1v) is 11.9. The second kappa shape index (κ2) is 8.82. The minimum Gasteiger partial charge on any atom is -0.449 e. The SMILES string of the molecule is CCOC(=O)OC[C@]12CC(O)[C@H]3[C@@H](CCC4=CC(=O)C=C[C@@]43C)[C@@H]1CCC2C(=O)OCCl. The van der Waals surface area contributed by atoms with Crippen molar-refractivity contribution in [3.63, 3.8) is 0 Å². The van der Waals surface area contributed by atoms with Crippen molar-refractivity contribution in [2.24, 2.45) is 34.5 Å². The fraction of sp³-hybridized carbons (Fsp3) is 0.708. The normalized spacial score (nSPS) is 39.9. The molecule has 0 radical (unpaired) electrons. The van der Waals surface area contributed by atoms with Crippen molar-refractivity contribution >= 4 is 29.5 Å². The van der Waals surface area contributed by atoms with Crippen molar-refractivity contribution in [2.75, 3.05) is 19.3 Å². The summed E-state index contributed by atoms with van der Waals surface area (Å²) in [5.41, 5.74) is -0.0711. The standard InChI is InChI=1S/C24H31ClO7/c1-3-30-22(29)31-12-24-11-19(27)20-16(17(24)6-7-18(24)21(28)32-13-25)5-4-14-10-15(26)8-9-23(14,20)2/h8-10,16-20,27H,3-7,11-13H2,1-2H3/t16-,17-,18?,19?,20+,23-,24+/m0/s1. The number of hydrogen-bond acceptors (Lipinski definition) is 7. The summed E-state index contributed by atoms with van der Waals surface area (Å²) < 4.78 is 15.6. The van der Waals surface area contributed by atoms with Crippen LogP contribution in [0, 0.1) is 34.5 Å². The lowest BCUT2D eigenvalue weighted by atomic mass is 9.46.